The molecule has 2 rings (SSSR count). The van der Waals surface area contributed by atoms with Crippen molar-refractivity contribution < 1.29 is 9.90 Å². The van der Waals surface area contributed by atoms with Crippen molar-refractivity contribution in [1.82, 2.24) is 10.3 Å². The first-order chi connectivity index (χ1) is 9.97. The molecule has 118 valence electrons. The van der Waals surface area contributed by atoms with Crippen LogP contribution in [0.3, 0.4) is 0 Å². The molecule has 4 N–H and O–H groups in total. The van der Waals surface area contributed by atoms with Gasteiger partial charge in [-0.2, -0.15) is 0 Å². The quantitative estimate of drug-likeness (QED) is 0.767. The summed E-state index contributed by atoms with van der Waals surface area (Å²) in [4.78, 5) is 16.6. The van der Waals surface area contributed by atoms with E-state index in [0.29, 0.717) is 25.3 Å². The monoisotopic (exact) mass is 311 g/mol. The van der Waals surface area contributed by atoms with E-state index < -0.39 is 6.10 Å². The Balaban J connectivity index is 1.74. The maximum Gasteiger partial charge on any atom is 0.223 e. The Morgan fingerprint density at radius 3 is 2.95 bits per heavy atom. The van der Waals surface area contributed by atoms with E-state index in [-0.39, 0.29) is 17.9 Å². The Bertz CT molecular complexity index is 475. The Kier molecular flexibility index (Phi) is 5.72. The summed E-state index contributed by atoms with van der Waals surface area (Å²) >= 11 is 1.68. The minimum atomic E-state index is -0.460. The lowest BCUT2D eigenvalue weighted by Gasteiger charge is -2.29. The van der Waals surface area contributed by atoms with E-state index in [2.05, 4.69) is 29.5 Å². The third-order valence-electron chi connectivity index (χ3n) is 3.98. The summed E-state index contributed by atoms with van der Waals surface area (Å²) < 4.78 is 0. The number of rotatable bonds is 5. The van der Waals surface area contributed by atoms with Gasteiger partial charge in [0.05, 0.1) is 16.8 Å². The van der Waals surface area contributed by atoms with Crippen LogP contribution in [0.1, 0.15) is 49.7 Å². The summed E-state index contributed by atoms with van der Waals surface area (Å²) in [6.07, 6.45) is 2.20. The summed E-state index contributed by atoms with van der Waals surface area (Å²) in [5.41, 5.74) is 6.86. The van der Waals surface area contributed by atoms with Gasteiger partial charge >= 0.3 is 0 Å². The van der Waals surface area contributed by atoms with E-state index in [9.17, 15) is 9.90 Å². The number of hydrogen-bond acceptors (Lipinski definition) is 5. The molecule has 5 nitrogen and oxygen atoms in total. The molecule has 6 heteroatoms. The summed E-state index contributed by atoms with van der Waals surface area (Å²) in [5, 5.41) is 15.8. The lowest BCUT2D eigenvalue weighted by Crippen LogP contribution is -2.45. The molecule has 1 amide bonds. The number of carbonyl (C=O) groups excluding carboxylic acids is 1. The van der Waals surface area contributed by atoms with E-state index in [1.54, 1.807) is 11.3 Å². The van der Waals surface area contributed by atoms with Gasteiger partial charge in [-0.25, -0.2) is 4.98 Å². The molecule has 0 aromatic carbocycles. The van der Waals surface area contributed by atoms with Gasteiger partial charge in [-0.05, 0) is 19.3 Å². The molecule has 0 aliphatic heterocycles. The van der Waals surface area contributed by atoms with E-state index in [4.69, 9.17) is 5.73 Å². The average molecular weight is 311 g/mol. The number of nitrogens with two attached hydrogens (primary N) is 1. The minimum absolute atomic E-state index is 0.0525. The number of thiazole rings is 1. The fraction of sp³-hybridized carbons (Fsp3) is 0.733. The fourth-order valence-electron chi connectivity index (χ4n) is 2.59. The van der Waals surface area contributed by atoms with Gasteiger partial charge in [0.25, 0.3) is 0 Å². The lowest BCUT2D eigenvalue weighted by molar-refractivity contribution is -0.126. The van der Waals surface area contributed by atoms with Crippen molar-refractivity contribution in [2.75, 3.05) is 6.54 Å². The summed E-state index contributed by atoms with van der Waals surface area (Å²) in [5.74, 6) is 0.440. The molecule has 1 heterocycles. The van der Waals surface area contributed by atoms with Crippen LogP contribution < -0.4 is 11.1 Å². The van der Waals surface area contributed by atoms with Crippen LogP contribution in [0.2, 0.25) is 0 Å². The number of aliphatic hydroxyl groups is 1. The molecule has 1 saturated carbocycles. The number of hydrogen-bond donors (Lipinski definition) is 3. The highest BCUT2D eigenvalue weighted by molar-refractivity contribution is 7.09. The highest BCUT2D eigenvalue weighted by Crippen LogP contribution is 2.23. The smallest absolute Gasteiger partial charge is 0.223 e. The lowest BCUT2D eigenvalue weighted by atomic mass is 9.83. The van der Waals surface area contributed by atoms with Crippen LogP contribution in [0.25, 0.3) is 0 Å². The predicted octanol–water partition coefficient (Wildman–Crippen LogP) is 1.41. The molecule has 0 bridgehead atoms. The SMILES string of the molecule is CC(C)c1nc(CCNC(=O)[C@H]2CC[C@@H](O)[C@H](N)C2)cs1. The molecule has 0 radical (unpaired) electrons. The van der Waals surface area contributed by atoms with Gasteiger partial charge in [0.1, 0.15) is 0 Å². The van der Waals surface area contributed by atoms with Gasteiger partial charge in [-0.3, -0.25) is 4.79 Å². The summed E-state index contributed by atoms with van der Waals surface area (Å²) in [6, 6.07) is -0.276. The number of aliphatic hydroxyl groups excluding tert-OH is 1. The van der Waals surface area contributed by atoms with Crippen molar-refractivity contribution in [2.45, 2.75) is 57.6 Å². The maximum absolute atomic E-state index is 12.1. The van der Waals surface area contributed by atoms with Gasteiger partial charge in [-0.15, -0.1) is 11.3 Å². The molecule has 0 spiro atoms. The van der Waals surface area contributed by atoms with Crippen LogP contribution in [-0.4, -0.2) is 34.7 Å². The van der Waals surface area contributed by atoms with Crippen molar-refractivity contribution in [2.24, 2.45) is 11.7 Å². The van der Waals surface area contributed by atoms with Crippen molar-refractivity contribution >= 4 is 17.2 Å². The molecule has 1 fully saturated rings. The molecule has 1 aromatic rings. The molecule has 1 aromatic heterocycles. The second-order valence-electron chi connectivity index (χ2n) is 6.11. The zero-order chi connectivity index (χ0) is 15.4. The van der Waals surface area contributed by atoms with Gasteiger partial charge in [0.15, 0.2) is 0 Å². The van der Waals surface area contributed by atoms with Crippen molar-refractivity contribution in [3.8, 4) is 0 Å². The third-order valence-corrected chi connectivity index (χ3v) is 5.17. The molecule has 0 saturated heterocycles. The van der Waals surface area contributed by atoms with E-state index >= 15 is 0 Å². The van der Waals surface area contributed by atoms with Crippen LogP contribution in [0, 0.1) is 5.92 Å². The van der Waals surface area contributed by atoms with Gasteiger partial charge in [0.2, 0.25) is 5.91 Å². The van der Waals surface area contributed by atoms with Crippen LogP contribution in [0.5, 0.6) is 0 Å². The normalized spacial score (nSPS) is 26.0. The van der Waals surface area contributed by atoms with Gasteiger partial charge < -0.3 is 16.2 Å². The average Bonchev–Trinajstić information content (AvgIpc) is 2.91. The van der Waals surface area contributed by atoms with E-state index in [0.717, 1.165) is 23.5 Å². The first kappa shape index (κ1) is 16.4. The molecule has 21 heavy (non-hydrogen) atoms. The number of nitrogens with one attached hydrogen (secondary N) is 1. The Morgan fingerprint density at radius 2 is 2.33 bits per heavy atom. The summed E-state index contributed by atoms with van der Waals surface area (Å²) in [7, 11) is 0. The minimum Gasteiger partial charge on any atom is -0.392 e. The van der Waals surface area contributed by atoms with Gasteiger partial charge in [-0.1, -0.05) is 13.8 Å². The van der Waals surface area contributed by atoms with E-state index in [1.807, 2.05) is 0 Å². The fourth-order valence-corrected chi connectivity index (χ4v) is 3.46. The third kappa shape index (κ3) is 4.49. The second-order valence-corrected chi connectivity index (χ2v) is 7.00. The highest BCUT2D eigenvalue weighted by Gasteiger charge is 2.30. The summed E-state index contributed by atoms with van der Waals surface area (Å²) in [6.45, 7) is 4.87. The van der Waals surface area contributed by atoms with Crippen molar-refractivity contribution in [3.05, 3.63) is 16.1 Å². The second kappa shape index (κ2) is 7.33. The Morgan fingerprint density at radius 1 is 1.57 bits per heavy atom. The van der Waals surface area contributed by atoms with Gasteiger partial charge in [0, 0.05) is 36.2 Å². The highest BCUT2D eigenvalue weighted by atomic mass is 32.1. The number of carbonyl (C=O) groups is 1. The predicted molar refractivity (Wildman–Crippen MR) is 84.2 cm³/mol. The molecular formula is C15H25N3O2S. The molecule has 3 atom stereocenters. The van der Waals surface area contributed by atoms with Crippen LogP contribution in [0.15, 0.2) is 5.38 Å². The van der Waals surface area contributed by atoms with E-state index in [1.165, 1.54) is 0 Å². The molecule has 0 unspecified atom stereocenters. The number of aromatic nitrogens is 1. The van der Waals surface area contributed by atoms with Crippen LogP contribution in [0.4, 0.5) is 0 Å². The zero-order valence-corrected chi connectivity index (χ0v) is 13.5. The van der Waals surface area contributed by atoms with Crippen LogP contribution >= 0.6 is 11.3 Å². The standard InChI is InChI=1S/C15H25N3O2S/c1-9(2)15-18-11(8-21-15)5-6-17-14(20)10-3-4-13(19)12(16)7-10/h8-10,12-13,19H,3-7,16H2,1-2H3,(H,17,20)/t10-,12+,13+/m0/s1. The zero-order valence-electron chi connectivity index (χ0n) is 12.7. The van der Waals surface area contributed by atoms with Crippen molar-refractivity contribution in [1.29, 1.82) is 0 Å². The largest absolute Gasteiger partial charge is 0.392 e. The first-order valence-electron chi connectivity index (χ1n) is 7.63. The van der Waals surface area contributed by atoms with Crippen LogP contribution in [-0.2, 0) is 11.2 Å². The number of nitrogens with zero attached hydrogens (tertiary/aromatic N) is 1. The maximum atomic E-state index is 12.1. The molecule has 1 aliphatic carbocycles. The van der Waals surface area contributed by atoms with Crippen molar-refractivity contribution in [3.63, 3.8) is 0 Å². The first-order valence-corrected chi connectivity index (χ1v) is 8.51. The Hall–Kier alpha value is -0.980. The molecular weight excluding hydrogens is 286 g/mol. The topological polar surface area (TPSA) is 88.2 Å². The molecule has 1 aliphatic rings. The number of amides is 1. The Labute approximate surface area is 130 Å².